The van der Waals surface area contributed by atoms with Gasteiger partial charge in [-0.1, -0.05) is 13.3 Å². The Hall–Kier alpha value is -0.900. The third-order valence-electron chi connectivity index (χ3n) is 2.96. The standard InChI is InChI=1S/C10H18N4/c1-3-8-5-9(8)11-6-10-12-7-13-14(10)4-2/h7-9,11H,3-6H2,1-2H3. The Bertz CT molecular complexity index is 294. The second kappa shape index (κ2) is 4.09. The SMILES string of the molecule is CCC1CC1NCc1ncnn1CC. The molecule has 2 unspecified atom stereocenters. The predicted octanol–water partition coefficient (Wildman–Crippen LogP) is 1.19. The van der Waals surface area contributed by atoms with Gasteiger partial charge in [0.05, 0.1) is 6.54 Å². The van der Waals surface area contributed by atoms with E-state index < -0.39 is 0 Å². The van der Waals surface area contributed by atoms with E-state index in [0.717, 1.165) is 30.9 Å². The van der Waals surface area contributed by atoms with Crippen LogP contribution in [0.5, 0.6) is 0 Å². The summed E-state index contributed by atoms with van der Waals surface area (Å²) in [6.45, 7) is 6.10. The minimum atomic E-state index is 0.724. The fraction of sp³-hybridized carbons (Fsp3) is 0.800. The van der Waals surface area contributed by atoms with Crippen LogP contribution in [0, 0.1) is 5.92 Å². The molecule has 0 radical (unpaired) electrons. The molecule has 1 saturated carbocycles. The molecule has 0 aromatic carbocycles. The van der Waals surface area contributed by atoms with Crippen molar-refractivity contribution >= 4 is 0 Å². The van der Waals surface area contributed by atoms with Crippen molar-refractivity contribution < 1.29 is 0 Å². The van der Waals surface area contributed by atoms with Crippen LogP contribution in [0.4, 0.5) is 0 Å². The molecule has 1 aliphatic carbocycles. The minimum absolute atomic E-state index is 0.724. The fourth-order valence-electron chi connectivity index (χ4n) is 1.86. The lowest BCUT2D eigenvalue weighted by Crippen LogP contribution is -2.20. The van der Waals surface area contributed by atoms with Crippen LogP contribution >= 0.6 is 0 Å². The first kappa shape index (κ1) is 9.65. The molecule has 4 heteroatoms. The summed E-state index contributed by atoms with van der Waals surface area (Å²) in [5.74, 6) is 1.95. The second-order valence-corrected chi connectivity index (χ2v) is 3.88. The first-order valence-electron chi connectivity index (χ1n) is 5.45. The van der Waals surface area contributed by atoms with Crippen LogP contribution in [0.15, 0.2) is 6.33 Å². The number of aromatic nitrogens is 3. The summed E-state index contributed by atoms with van der Waals surface area (Å²) in [5.41, 5.74) is 0. The Labute approximate surface area is 84.7 Å². The van der Waals surface area contributed by atoms with E-state index >= 15 is 0 Å². The van der Waals surface area contributed by atoms with Gasteiger partial charge in [-0.05, 0) is 19.3 Å². The predicted molar refractivity (Wildman–Crippen MR) is 54.7 cm³/mol. The molecule has 78 valence electrons. The van der Waals surface area contributed by atoms with Crippen molar-refractivity contribution in [2.45, 2.75) is 45.8 Å². The van der Waals surface area contributed by atoms with E-state index in [9.17, 15) is 0 Å². The van der Waals surface area contributed by atoms with Gasteiger partial charge in [-0.15, -0.1) is 0 Å². The number of rotatable bonds is 5. The summed E-state index contributed by atoms with van der Waals surface area (Å²) in [5, 5.41) is 7.65. The normalized spacial score (nSPS) is 25.3. The second-order valence-electron chi connectivity index (χ2n) is 3.88. The third-order valence-corrected chi connectivity index (χ3v) is 2.96. The van der Waals surface area contributed by atoms with Gasteiger partial charge >= 0.3 is 0 Å². The maximum Gasteiger partial charge on any atom is 0.140 e. The van der Waals surface area contributed by atoms with Crippen LogP contribution in [-0.2, 0) is 13.1 Å². The molecule has 1 aliphatic rings. The molecular formula is C10H18N4. The molecule has 14 heavy (non-hydrogen) atoms. The maximum atomic E-state index is 4.23. The van der Waals surface area contributed by atoms with E-state index in [1.807, 2.05) is 4.68 Å². The van der Waals surface area contributed by atoms with Crippen molar-refractivity contribution in [3.05, 3.63) is 12.2 Å². The van der Waals surface area contributed by atoms with Gasteiger partial charge < -0.3 is 5.32 Å². The highest BCUT2D eigenvalue weighted by Gasteiger charge is 2.34. The van der Waals surface area contributed by atoms with Crippen molar-refractivity contribution in [2.75, 3.05) is 0 Å². The largest absolute Gasteiger partial charge is 0.307 e. The van der Waals surface area contributed by atoms with Gasteiger partial charge in [0.2, 0.25) is 0 Å². The summed E-state index contributed by atoms with van der Waals surface area (Å²) < 4.78 is 1.94. The summed E-state index contributed by atoms with van der Waals surface area (Å²) in [6, 6.07) is 0.724. The zero-order chi connectivity index (χ0) is 9.97. The molecule has 4 nitrogen and oxygen atoms in total. The maximum absolute atomic E-state index is 4.23. The van der Waals surface area contributed by atoms with Crippen molar-refractivity contribution in [1.82, 2.24) is 20.1 Å². The summed E-state index contributed by atoms with van der Waals surface area (Å²) in [7, 11) is 0. The molecule has 0 spiro atoms. The lowest BCUT2D eigenvalue weighted by Gasteiger charge is -2.04. The van der Waals surface area contributed by atoms with E-state index in [4.69, 9.17) is 0 Å². The number of hydrogen-bond donors (Lipinski definition) is 1. The summed E-state index contributed by atoms with van der Waals surface area (Å²) >= 11 is 0. The van der Waals surface area contributed by atoms with Gasteiger partial charge in [0, 0.05) is 12.6 Å². The van der Waals surface area contributed by atoms with Crippen LogP contribution in [-0.4, -0.2) is 20.8 Å². The first-order chi connectivity index (χ1) is 6.85. The van der Waals surface area contributed by atoms with Gasteiger partial charge in [0.1, 0.15) is 12.2 Å². The highest BCUT2D eigenvalue weighted by molar-refractivity contribution is 4.94. The first-order valence-corrected chi connectivity index (χ1v) is 5.45. The molecule has 1 N–H and O–H groups in total. The molecule has 2 rings (SSSR count). The molecule has 0 bridgehead atoms. The molecule has 1 heterocycles. The molecular weight excluding hydrogens is 176 g/mol. The van der Waals surface area contributed by atoms with E-state index in [-0.39, 0.29) is 0 Å². The third kappa shape index (κ3) is 1.95. The lowest BCUT2D eigenvalue weighted by molar-refractivity contribution is 0.554. The fourth-order valence-corrected chi connectivity index (χ4v) is 1.86. The van der Waals surface area contributed by atoms with Crippen LogP contribution in [0.2, 0.25) is 0 Å². The Kier molecular flexibility index (Phi) is 2.82. The summed E-state index contributed by atoms with van der Waals surface area (Å²) in [6.07, 6.45) is 4.25. The average molecular weight is 194 g/mol. The van der Waals surface area contributed by atoms with E-state index in [1.165, 1.54) is 12.8 Å². The van der Waals surface area contributed by atoms with Gasteiger partial charge in [0.25, 0.3) is 0 Å². The molecule has 0 amide bonds. The van der Waals surface area contributed by atoms with Crippen LogP contribution < -0.4 is 5.32 Å². The lowest BCUT2D eigenvalue weighted by atomic mass is 10.3. The quantitative estimate of drug-likeness (QED) is 0.765. The van der Waals surface area contributed by atoms with Crippen LogP contribution in [0.1, 0.15) is 32.5 Å². The number of nitrogens with one attached hydrogen (secondary N) is 1. The topological polar surface area (TPSA) is 42.7 Å². The minimum Gasteiger partial charge on any atom is -0.307 e. The number of aryl methyl sites for hydroxylation is 1. The smallest absolute Gasteiger partial charge is 0.140 e. The van der Waals surface area contributed by atoms with E-state index in [1.54, 1.807) is 6.33 Å². The van der Waals surface area contributed by atoms with Crippen molar-refractivity contribution in [3.63, 3.8) is 0 Å². The highest BCUT2D eigenvalue weighted by atomic mass is 15.3. The van der Waals surface area contributed by atoms with Gasteiger partial charge in [-0.2, -0.15) is 5.10 Å². The number of hydrogen-bond acceptors (Lipinski definition) is 3. The Morgan fingerprint density at radius 3 is 3.07 bits per heavy atom. The molecule has 0 saturated heterocycles. The molecule has 1 aromatic rings. The van der Waals surface area contributed by atoms with Crippen LogP contribution in [0.3, 0.4) is 0 Å². The number of nitrogens with zero attached hydrogens (tertiary/aromatic N) is 3. The Balaban J connectivity index is 1.81. The molecule has 0 aliphatic heterocycles. The van der Waals surface area contributed by atoms with E-state index in [0.29, 0.717) is 0 Å². The molecule has 2 atom stereocenters. The van der Waals surface area contributed by atoms with Gasteiger partial charge in [-0.25, -0.2) is 9.67 Å². The van der Waals surface area contributed by atoms with Gasteiger partial charge in [0.15, 0.2) is 0 Å². The highest BCUT2D eigenvalue weighted by Crippen LogP contribution is 2.33. The monoisotopic (exact) mass is 194 g/mol. The van der Waals surface area contributed by atoms with Gasteiger partial charge in [-0.3, -0.25) is 0 Å². The average Bonchev–Trinajstić information content (AvgIpc) is 2.83. The van der Waals surface area contributed by atoms with Crippen LogP contribution in [0.25, 0.3) is 0 Å². The molecule has 1 aromatic heterocycles. The zero-order valence-electron chi connectivity index (χ0n) is 8.90. The van der Waals surface area contributed by atoms with Crippen molar-refractivity contribution in [3.8, 4) is 0 Å². The van der Waals surface area contributed by atoms with E-state index in [2.05, 4.69) is 29.2 Å². The summed E-state index contributed by atoms with van der Waals surface area (Å²) in [4.78, 5) is 4.23. The Morgan fingerprint density at radius 1 is 1.57 bits per heavy atom. The zero-order valence-corrected chi connectivity index (χ0v) is 8.90. The Morgan fingerprint density at radius 2 is 2.43 bits per heavy atom. The van der Waals surface area contributed by atoms with Crippen molar-refractivity contribution in [1.29, 1.82) is 0 Å². The molecule has 1 fully saturated rings. The van der Waals surface area contributed by atoms with Crippen molar-refractivity contribution in [2.24, 2.45) is 5.92 Å².